The van der Waals surface area contributed by atoms with Crippen molar-refractivity contribution in [3.63, 3.8) is 0 Å². The van der Waals surface area contributed by atoms with Gasteiger partial charge in [-0.3, -0.25) is 9.69 Å². The van der Waals surface area contributed by atoms with Crippen LogP contribution in [0.2, 0.25) is 0 Å². The van der Waals surface area contributed by atoms with E-state index in [1.165, 1.54) is 0 Å². The molecule has 0 bridgehead atoms. The standard InChI is InChI=1S/C15H31N3O2/c1-4-18-5-6-20-14(11-18)10-17-15(19)8-13(9-16)7-12(2)3/h12-14H,4-11,16H2,1-3H3,(H,17,19). The third kappa shape index (κ3) is 6.68. The van der Waals surface area contributed by atoms with E-state index >= 15 is 0 Å². The molecule has 1 aliphatic heterocycles. The number of carbonyl (C=O) groups excluding carboxylic acids is 1. The summed E-state index contributed by atoms with van der Waals surface area (Å²) in [6, 6.07) is 0. The second-order valence-corrected chi connectivity index (χ2v) is 6.13. The molecule has 1 fully saturated rings. The largest absolute Gasteiger partial charge is 0.374 e. The Bertz CT molecular complexity index is 284. The first kappa shape index (κ1) is 17.4. The third-order valence-corrected chi connectivity index (χ3v) is 3.81. The van der Waals surface area contributed by atoms with Crippen molar-refractivity contribution >= 4 is 5.91 Å². The van der Waals surface area contributed by atoms with E-state index in [1.807, 2.05) is 0 Å². The van der Waals surface area contributed by atoms with E-state index in [0.29, 0.717) is 25.4 Å². The van der Waals surface area contributed by atoms with Gasteiger partial charge in [0.25, 0.3) is 0 Å². The Kier molecular flexibility index (Phi) is 8.11. The predicted octanol–water partition coefficient (Wildman–Crippen LogP) is 0.834. The van der Waals surface area contributed by atoms with Gasteiger partial charge in [-0.1, -0.05) is 20.8 Å². The van der Waals surface area contributed by atoms with Crippen LogP contribution in [0.15, 0.2) is 0 Å². The zero-order chi connectivity index (χ0) is 15.0. The highest BCUT2D eigenvalue weighted by atomic mass is 16.5. The Hall–Kier alpha value is -0.650. The van der Waals surface area contributed by atoms with Crippen LogP contribution in [-0.4, -0.2) is 56.2 Å². The molecule has 0 radical (unpaired) electrons. The summed E-state index contributed by atoms with van der Waals surface area (Å²) in [6.07, 6.45) is 1.65. The van der Waals surface area contributed by atoms with Gasteiger partial charge in [-0.25, -0.2) is 0 Å². The molecule has 0 aromatic heterocycles. The van der Waals surface area contributed by atoms with Crippen molar-refractivity contribution in [3.05, 3.63) is 0 Å². The highest BCUT2D eigenvalue weighted by Gasteiger charge is 2.20. The fraction of sp³-hybridized carbons (Fsp3) is 0.933. The summed E-state index contributed by atoms with van der Waals surface area (Å²) >= 11 is 0. The molecule has 1 heterocycles. The summed E-state index contributed by atoms with van der Waals surface area (Å²) in [4.78, 5) is 14.3. The summed E-state index contributed by atoms with van der Waals surface area (Å²) in [7, 11) is 0. The van der Waals surface area contributed by atoms with Crippen LogP contribution in [0, 0.1) is 11.8 Å². The summed E-state index contributed by atoms with van der Waals surface area (Å²) in [5.74, 6) is 0.962. The number of ether oxygens (including phenoxy) is 1. The first-order chi connectivity index (χ1) is 9.55. The average Bonchev–Trinajstić information content (AvgIpc) is 2.44. The smallest absolute Gasteiger partial charge is 0.220 e. The van der Waals surface area contributed by atoms with Gasteiger partial charge in [0.05, 0.1) is 12.7 Å². The quantitative estimate of drug-likeness (QED) is 0.693. The molecule has 0 aromatic rings. The van der Waals surface area contributed by atoms with Gasteiger partial charge in [-0.05, 0) is 31.3 Å². The van der Waals surface area contributed by atoms with Crippen molar-refractivity contribution in [2.45, 2.75) is 39.7 Å². The minimum atomic E-state index is 0.0957. The molecule has 5 heteroatoms. The Morgan fingerprint density at radius 2 is 2.25 bits per heavy atom. The van der Waals surface area contributed by atoms with Crippen LogP contribution >= 0.6 is 0 Å². The predicted molar refractivity (Wildman–Crippen MR) is 81.5 cm³/mol. The molecule has 5 nitrogen and oxygen atoms in total. The van der Waals surface area contributed by atoms with Gasteiger partial charge in [0.15, 0.2) is 0 Å². The van der Waals surface area contributed by atoms with Crippen molar-refractivity contribution < 1.29 is 9.53 Å². The van der Waals surface area contributed by atoms with E-state index in [9.17, 15) is 4.79 Å². The van der Waals surface area contributed by atoms with Crippen LogP contribution in [0.4, 0.5) is 0 Å². The molecule has 1 aliphatic rings. The normalized spacial score (nSPS) is 21.9. The van der Waals surface area contributed by atoms with E-state index < -0.39 is 0 Å². The Morgan fingerprint density at radius 1 is 1.50 bits per heavy atom. The van der Waals surface area contributed by atoms with Crippen LogP contribution < -0.4 is 11.1 Å². The number of carbonyl (C=O) groups is 1. The lowest BCUT2D eigenvalue weighted by atomic mass is 9.94. The molecule has 1 saturated heterocycles. The fourth-order valence-corrected chi connectivity index (χ4v) is 2.68. The molecule has 0 saturated carbocycles. The van der Waals surface area contributed by atoms with Crippen LogP contribution in [0.5, 0.6) is 0 Å². The first-order valence-electron chi connectivity index (χ1n) is 7.85. The van der Waals surface area contributed by atoms with Crippen LogP contribution in [-0.2, 0) is 9.53 Å². The van der Waals surface area contributed by atoms with E-state index in [2.05, 4.69) is 31.0 Å². The number of hydrogen-bond donors (Lipinski definition) is 2. The summed E-state index contributed by atoms with van der Waals surface area (Å²) < 4.78 is 5.68. The molecule has 0 spiro atoms. The second-order valence-electron chi connectivity index (χ2n) is 6.13. The van der Waals surface area contributed by atoms with Crippen molar-refractivity contribution in [1.29, 1.82) is 0 Å². The second kappa shape index (κ2) is 9.32. The molecule has 2 atom stereocenters. The molecular formula is C15H31N3O2. The zero-order valence-corrected chi connectivity index (χ0v) is 13.2. The van der Waals surface area contributed by atoms with Gasteiger partial charge >= 0.3 is 0 Å². The Balaban J connectivity index is 2.24. The van der Waals surface area contributed by atoms with Crippen LogP contribution in [0.3, 0.4) is 0 Å². The van der Waals surface area contributed by atoms with E-state index in [0.717, 1.165) is 32.7 Å². The van der Waals surface area contributed by atoms with E-state index in [4.69, 9.17) is 10.5 Å². The van der Waals surface area contributed by atoms with Crippen molar-refractivity contribution in [1.82, 2.24) is 10.2 Å². The molecule has 0 aliphatic carbocycles. The lowest BCUT2D eigenvalue weighted by Gasteiger charge is -2.32. The maximum absolute atomic E-state index is 12.0. The van der Waals surface area contributed by atoms with Crippen molar-refractivity contribution in [2.24, 2.45) is 17.6 Å². The highest BCUT2D eigenvalue weighted by molar-refractivity contribution is 5.76. The molecule has 1 rings (SSSR count). The van der Waals surface area contributed by atoms with Gasteiger partial charge in [0.1, 0.15) is 0 Å². The monoisotopic (exact) mass is 285 g/mol. The number of amides is 1. The number of likely N-dealkylation sites (N-methyl/N-ethyl adjacent to an activating group) is 1. The molecule has 118 valence electrons. The summed E-state index contributed by atoms with van der Waals surface area (Å²) in [6.45, 7) is 11.4. The number of morpholine rings is 1. The number of nitrogens with one attached hydrogen (secondary N) is 1. The fourth-order valence-electron chi connectivity index (χ4n) is 2.68. The minimum absolute atomic E-state index is 0.0957. The van der Waals surface area contributed by atoms with Crippen LogP contribution in [0.25, 0.3) is 0 Å². The summed E-state index contributed by atoms with van der Waals surface area (Å²) in [5.41, 5.74) is 5.73. The van der Waals surface area contributed by atoms with Gasteiger partial charge in [-0.15, -0.1) is 0 Å². The number of nitrogens with zero attached hydrogens (tertiary/aromatic N) is 1. The van der Waals surface area contributed by atoms with Gasteiger partial charge < -0.3 is 15.8 Å². The number of rotatable bonds is 8. The Labute approximate surface area is 123 Å². The molecule has 2 unspecified atom stereocenters. The van der Waals surface area contributed by atoms with E-state index in [1.54, 1.807) is 0 Å². The van der Waals surface area contributed by atoms with Gasteiger partial charge in [0, 0.05) is 26.1 Å². The topological polar surface area (TPSA) is 67.6 Å². The van der Waals surface area contributed by atoms with E-state index in [-0.39, 0.29) is 17.9 Å². The van der Waals surface area contributed by atoms with Gasteiger partial charge in [-0.2, -0.15) is 0 Å². The third-order valence-electron chi connectivity index (χ3n) is 3.81. The maximum Gasteiger partial charge on any atom is 0.220 e. The SMILES string of the molecule is CCN1CCOC(CNC(=O)CC(CN)CC(C)C)C1. The number of nitrogens with two attached hydrogens (primary N) is 1. The van der Waals surface area contributed by atoms with Crippen molar-refractivity contribution in [2.75, 3.05) is 39.3 Å². The number of hydrogen-bond acceptors (Lipinski definition) is 4. The average molecular weight is 285 g/mol. The zero-order valence-electron chi connectivity index (χ0n) is 13.2. The van der Waals surface area contributed by atoms with Gasteiger partial charge in [0.2, 0.25) is 5.91 Å². The maximum atomic E-state index is 12.0. The first-order valence-corrected chi connectivity index (χ1v) is 7.85. The summed E-state index contributed by atoms with van der Waals surface area (Å²) in [5, 5.41) is 2.99. The molecule has 3 N–H and O–H groups in total. The molecular weight excluding hydrogens is 254 g/mol. The molecule has 1 amide bonds. The molecule has 0 aromatic carbocycles. The Morgan fingerprint density at radius 3 is 2.85 bits per heavy atom. The lowest BCUT2D eigenvalue weighted by molar-refractivity contribution is -0.123. The molecule has 20 heavy (non-hydrogen) atoms. The highest BCUT2D eigenvalue weighted by Crippen LogP contribution is 2.14. The van der Waals surface area contributed by atoms with Crippen molar-refractivity contribution in [3.8, 4) is 0 Å². The minimum Gasteiger partial charge on any atom is -0.374 e. The lowest BCUT2D eigenvalue weighted by Crippen LogP contribution is -2.47. The van der Waals surface area contributed by atoms with Crippen LogP contribution in [0.1, 0.15) is 33.6 Å².